The van der Waals surface area contributed by atoms with Crippen molar-refractivity contribution < 1.29 is 4.79 Å². The van der Waals surface area contributed by atoms with Crippen molar-refractivity contribution in [2.45, 2.75) is 33.4 Å². The smallest absolute Gasteiger partial charge is 0.219 e. The average molecular weight is 494 g/mol. The van der Waals surface area contributed by atoms with Crippen LogP contribution in [0.25, 0.3) is 21.5 Å². The van der Waals surface area contributed by atoms with Gasteiger partial charge in [-0.15, -0.1) is 0 Å². The second-order valence-electron chi connectivity index (χ2n) is 8.82. The molecule has 0 spiro atoms. The molecule has 180 valence electrons. The SMILES string of the molecule is CCC(=O)c1cn(Cc2ccccc2-c2ccccc2)c2sc(NCc3cccc(C)c3)nc2c1=O. The molecule has 5 nitrogen and oxygen atoms in total. The average Bonchev–Trinajstić information content (AvgIpc) is 3.35. The molecule has 0 saturated heterocycles. The number of aromatic nitrogens is 2. The lowest BCUT2D eigenvalue weighted by Crippen LogP contribution is -2.19. The zero-order valence-electron chi connectivity index (χ0n) is 20.3. The van der Waals surface area contributed by atoms with Gasteiger partial charge in [0, 0.05) is 25.7 Å². The molecule has 0 aliphatic carbocycles. The highest BCUT2D eigenvalue weighted by Crippen LogP contribution is 2.29. The van der Waals surface area contributed by atoms with Gasteiger partial charge in [0.1, 0.15) is 10.3 Å². The predicted octanol–water partition coefficient (Wildman–Crippen LogP) is 6.69. The Kier molecular flexibility index (Phi) is 6.78. The van der Waals surface area contributed by atoms with E-state index in [-0.39, 0.29) is 23.2 Å². The number of ketones is 1. The predicted molar refractivity (Wildman–Crippen MR) is 148 cm³/mol. The van der Waals surface area contributed by atoms with Crippen LogP contribution in [-0.4, -0.2) is 15.3 Å². The maximum Gasteiger partial charge on any atom is 0.219 e. The van der Waals surface area contributed by atoms with Crippen LogP contribution in [0.5, 0.6) is 0 Å². The summed E-state index contributed by atoms with van der Waals surface area (Å²) < 4.78 is 2.00. The van der Waals surface area contributed by atoms with Crippen molar-refractivity contribution in [3.63, 3.8) is 0 Å². The number of Topliss-reactive ketones (excluding diaryl/α,β-unsaturated/α-hetero) is 1. The minimum atomic E-state index is -0.302. The summed E-state index contributed by atoms with van der Waals surface area (Å²) in [5.41, 5.74) is 5.91. The first-order valence-electron chi connectivity index (χ1n) is 12.0. The van der Waals surface area contributed by atoms with Gasteiger partial charge in [-0.25, -0.2) is 4.98 Å². The quantitative estimate of drug-likeness (QED) is 0.245. The molecule has 0 atom stereocenters. The molecule has 5 rings (SSSR count). The van der Waals surface area contributed by atoms with Crippen LogP contribution in [0.3, 0.4) is 0 Å². The molecule has 0 aliphatic rings. The number of hydrogen-bond acceptors (Lipinski definition) is 5. The highest BCUT2D eigenvalue weighted by atomic mass is 32.1. The Morgan fingerprint density at radius 1 is 1.00 bits per heavy atom. The summed E-state index contributed by atoms with van der Waals surface area (Å²) in [4.78, 5) is 31.3. The molecule has 36 heavy (non-hydrogen) atoms. The Balaban J connectivity index is 1.57. The Morgan fingerprint density at radius 3 is 2.56 bits per heavy atom. The number of nitrogens with one attached hydrogen (secondary N) is 1. The fourth-order valence-corrected chi connectivity index (χ4v) is 5.31. The molecule has 0 saturated carbocycles. The summed E-state index contributed by atoms with van der Waals surface area (Å²) in [5, 5.41) is 4.03. The molecule has 5 aromatic rings. The van der Waals surface area contributed by atoms with Crippen molar-refractivity contribution >= 4 is 32.6 Å². The third-order valence-corrected chi connectivity index (χ3v) is 7.26. The van der Waals surface area contributed by atoms with Gasteiger partial charge in [0.15, 0.2) is 10.9 Å². The number of nitrogens with zero attached hydrogens (tertiary/aromatic N) is 2. The summed E-state index contributed by atoms with van der Waals surface area (Å²) >= 11 is 1.44. The number of anilines is 1. The fraction of sp³-hybridized carbons (Fsp3) is 0.167. The zero-order chi connectivity index (χ0) is 25.1. The van der Waals surface area contributed by atoms with Crippen molar-refractivity contribution in [2.75, 3.05) is 5.32 Å². The van der Waals surface area contributed by atoms with Crippen LogP contribution in [0.15, 0.2) is 89.9 Å². The van der Waals surface area contributed by atoms with Crippen molar-refractivity contribution in [3.8, 4) is 11.1 Å². The van der Waals surface area contributed by atoms with Crippen molar-refractivity contribution in [1.82, 2.24) is 9.55 Å². The highest BCUT2D eigenvalue weighted by molar-refractivity contribution is 7.21. The van der Waals surface area contributed by atoms with Crippen molar-refractivity contribution in [1.29, 1.82) is 0 Å². The van der Waals surface area contributed by atoms with Gasteiger partial charge in [-0.2, -0.15) is 0 Å². The Hall–Kier alpha value is -4.03. The third kappa shape index (κ3) is 4.86. The normalized spacial score (nSPS) is 11.1. The molecule has 0 unspecified atom stereocenters. The van der Waals surface area contributed by atoms with E-state index in [0.717, 1.165) is 27.1 Å². The molecule has 2 heterocycles. The number of hydrogen-bond donors (Lipinski definition) is 1. The molecule has 0 radical (unpaired) electrons. The first-order valence-corrected chi connectivity index (χ1v) is 12.8. The van der Waals surface area contributed by atoms with Gasteiger partial charge in [-0.3, -0.25) is 9.59 Å². The maximum absolute atomic E-state index is 13.2. The maximum atomic E-state index is 13.2. The van der Waals surface area contributed by atoms with Crippen LogP contribution in [0, 0.1) is 6.92 Å². The van der Waals surface area contributed by atoms with Crippen LogP contribution in [0.4, 0.5) is 5.13 Å². The van der Waals surface area contributed by atoms with Crippen LogP contribution >= 0.6 is 11.3 Å². The van der Waals surface area contributed by atoms with E-state index in [1.54, 1.807) is 13.1 Å². The van der Waals surface area contributed by atoms with Gasteiger partial charge >= 0.3 is 0 Å². The number of rotatable bonds is 8. The second kappa shape index (κ2) is 10.3. The monoisotopic (exact) mass is 493 g/mol. The summed E-state index contributed by atoms with van der Waals surface area (Å²) in [6.07, 6.45) is 1.98. The van der Waals surface area contributed by atoms with E-state index in [2.05, 4.69) is 59.7 Å². The van der Waals surface area contributed by atoms with E-state index in [1.807, 2.05) is 41.0 Å². The van der Waals surface area contributed by atoms with E-state index >= 15 is 0 Å². The van der Waals surface area contributed by atoms with E-state index in [9.17, 15) is 9.59 Å². The number of carbonyl (C=O) groups is 1. The van der Waals surface area contributed by atoms with Crippen LogP contribution in [0.2, 0.25) is 0 Å². The largest absolute Gasteiger partial charge is 0.357 e. The summed E-state index contributed by atoms with van der Waals surface area (Å²) in [6, 6.07) is 26.7. The molecule has 0 aliphatic heterocycles. The molecule has 2 aromatic heterocycles. The van der Waals surface area contributed by atoms with Gasteiger partial charge in [0.2, 0.25) is 5.43 Å². The topological polar surface area (TPSA) is 64.0 Å². The minimum Gasteiger partial charge on any atom is -0.357 e. The molecule has 3 aromatic carbocycles. The van der Waals surface area contributed by atoms with Gasteiger partial charge in [0.05, 0.1) is 5.56 Å². The fourth-order valence-electron chi connectivity index (χ4n) is 4.38. The lowest BCUT2D eigenvalue weighted by Gasteiger charge is -2.14. The van der Waals surface area contributed by atoms with Crippen LogP contribution in [-0.2, 0) is 13.1 Å². The molecule has 0 fully saturated rings. The molecule has 0 amide bonds. The number of benzene rings is 3. The lowest BCUT2D eigenvalue weighted by atomic mass is 9.99. The van der Waals surface area contributed by atoms with E-state index in [0.29, 0.717) is 23.7 Å². The molecular weight excluding hydrogens is 466 g/mol. The molecular formula is C30H27N3O2S. The van der Waals surface area contributed by atoms with Crippen LogP contribution < -0.4 is 10.7 Å². The first kappa shape index (κ1) is 23.7. The van der Waals surface area contributed by atoms with E-state index < -0.39 is 0 Å². The lowest BCUT2D eigenvalue weighted by molar-refractivity contribution is 0.0986. The van der Waals surface area contributed by atoms with Crippen LogP contribution in [0.1, 0.15) is 40.4 Å². The number of aryl methyl sites for hydroxylation is 1. The van der Waals surface area contributed by atoms with Gasteiger partial charge < -0.3 is 9.88 Å². The minimum absolute atomic E-state index is 0.172. The van der Waals surface area contributed by atoms with Gasteiger partial charge in [-0.1, -0.05) is 103 Å². The Bertz CT molecular complexity index is 1600. The summed E-state index contributed by atoms with van der Waals surface area (Å²) in [7, 11) is 0. The second-order valence-corrected chi connectivity index (χ2v) is 9.79. The standard InChI is InChI=1S/C30H27N3O2S/c1-3-26(34)25-19-33(18-23-14-7-8-15-24(23)22-12-5-4-6-13-22)29-27(28(25)35)32-30(36-29)31-17-21-11-9-10-20(2)16-21/h4-16,19H,3,17-18H2,1-2H3,(H,31,32). The van der Waals surface area contributed by atoms with Gasteiger partial charge in [-0.05, 0) is 29.2 Å². The molecule has 6 heteroatoms. The molecule has 1 N–H and O–H groups in total. The molecule has 0 bridgehead atoms. The summed E-state index contributed by atoms with van der Waals surface area (Å²) in [5.74, 6) is -0.172. The number of carbonyl (C=O) groups excluding carboxylic acids is 1. The van der Waals surface area contributed by atoms with Gasteiger partial charge in [0.25, 0.3) is 0 Å². The van der Waals surface area contributed by atoms with E-state index in [4.69, 9.17) is 0 Å². The number of thiazole rings is 1. The third-order valence-electron chi connectivity index (χ3n) is 6.21. The highest BCUT2D eigenvalue weighted by Gasteiger charge is 2.19. The first-order chi connectivity index (χ1) is 17.5. The van der Waals surface area contributed by atoms with Crippen molar-refractivity contribution in [2.24, 2.45) is 0 Å². The number of fused-ring (bicyclic) bond motifs is 1. The van der Waals surface area contributed by atoms with E-state index in [1.165, 1.54) is 16.9 Å². The Labute approximate surface area is 214 Å². The zero-order valence-corrected chi connectivity index (χ0v) is 21.1. The Morgan fingerprint density at radius 2 is 1.78 bits per heavy atom. The summed E-state index contributed by atoms with van der Waals surface area (Å²) in [6.45, 7) is 4.96. The van der Waals surface area contributed by atoms with Crippen molar-refractivity contribution in [3.05, 3.63) is 118 Å². The number of pyridine rings is 1.